The number of carbonyl (C=O) groups excluding carboxylic acids is 1. The minimum atomic E-state index is -3.53. The van der Waals surface area contributed by atoms with Crippen molar-refractivity contribution in [3.05, 3.63) is 66.0 Å². The lowest BCUT2D eigenvalue weighted by molar-refractivity contribution is -0.121. The number of halogens is 1. The second-order valence-electron chi connectivity index (χ2n) is 6.38. The molecule has 2 aromatic carbocycles. The quantitative estimate of drug-likeness (QED) is 0.648. The smallest absolute Gasteiger partial charge is 0.234 e. The van der Waals surface area contributed by atoms with Crippen LogP contribution in [0.25, 0.3) is 0 Å². The molecule has 1 amide bonds. The maximum atomic E-state index is 13.1. The highest BCUT2D eigenvalue weighted by molar-refractivity contribution is 7.92. The average molecular weight is 392 g/mol. The summed E-state index contributed by atoms with van der Waals surface area (Å²) >= 11 is 0. The summed E-state index contributed by atoms with van der Waals surface area (Å²) in [5.41, 5.74) is 1.40. The lowest BCUT2D eigenvalue weighted by Crippen LogP contribution is -2.32. The van der Waals surface area contributed by atoms with Gasteiger partial charge < -0.3 is 5.32 Å². The van der Waals surface area contributed by atoms with E-state index in [1.165, 1.54) is 12.1 Å². The highest BCUT2D eigenvalue weighted by Gasteiger charge is 2.16. The highest BCUT2D eigenvalue weighted by Crippen LogP contribution is 2.25. The predicted octanol–water partition coefficient (Wildman–Crippen LogP) is 3.66. The number of rotatable bonds is 10. The van der Waals surface area contributed by atoms with Crippen molar-refractivity contribution in [2.75, 3.05) is 17.0 Å². The van der Waals surface area contributed by atoms with Crippen LogP contribution in [-0.4, -0.2) is 26.6 Å². The van der Waals surface area contributed by atoms with Crippen molar-refractivity contribution in [3.8, 4) is 0 Å². The monoisotopic (exact) mass is 392 g/mol. The van der Waals surface area contributed by atoms with Gasteiger partial charge in [-0.15, -0.1) is 0 Å². The third-order valence-electron chi connectivity index (χ3n) is 4.15. The summed E-state index contributed by atoms with van der Waals surface area (Å²) in [6.45, 7) is 2.06. The highest BCUT2D eigenvalue weighted by atomic mass is 32.2. The van der Waals surface area contributed by atoms with E-state index in [1.807, 2.05) is 6.92 Å². The van der Waals surface area contributed by atoms with Crippen molar-refractivity contribution in [2.45, 2.75) is 32.1 Å². The molecule has 7 heteroatoms. The summed E-state index contributed by atoms with van der Waals surface area (Å²) in [5.74, 6) is -0.750. The third kappa shape index (κ3) is 7.38. The molecular weight excluding hydrogens is 367 g/mol. The van der Waals surface area contributed by atoms with Crippen LogP contribution in [0, 0.1) is 5.82 Å². The lowest BCUT2D eigenvalue weighted by Gasteiger charge is -2.16. The molecule has 0 saturated heterocycles. The second kappa shape index (κ2) is 10.1. The fourth-order valence-electron chi connectivity index (χ4n) is 2.83. The SMILES string of the molecule is CCCC(CC(=O)NCCS(=O)(=O)Nc1ccccc1)c1ccc(F)cc1. The van der Waals surface area contributed by atoms with Crippen LogP contribution in [0.4, 0.5) is 10.1 Å². The zero-order valence-corrected chi connectivity index (χ0v) is 16.1. The van der Waals surface area contributed by atoms with Gasteiger partial charge in [0.2, 0.25) is 15.9 Å². The minimum absolute atomic E-state index is 0.0188. The molecule has 0 heterocycles. The number of nitrogens with one attached hydrogen (secondary N) is 2. The number of benzene rings is 2. The van der Waals surface area contributed by atoms with Gasteiger partial charge in [0.25, 0.3) is 0 Å². The molecule has 27 heavy (non-hydrogen) atoms. The van der Waals surface area contributed by atoms with Crippen LogP contribution < -0.4 is 10.0 Å². The van der Waals surface area contributed by atoms with Crippen molar-refractivity contribution >= 4 is 21.6 Å². The van der Waals surface area contributed by atoms with E-state index >= 15 is 0 Å². The molecule has 0 spiro atoms. The van der Waals surface area contributed by atoms with Gasteiger partial charge in [-0.3, -0.25) is 9.52 Å². The van der Waals surface area contributed by atoms with E-state index < -0.39 is 10.0 Å². The van der Waals surface area contributed by atoms with E-state index in [0.717, 1.165) is 18.4 Å². The molecule has 2 aromatic rings. The molecule has 0 radical (unpaired) electrons. The number of amides is 1. The molecule has 0 aromatic heterocycles. The Bertz CT molecular complexity index is 824. The van der Waals surface area contributed by atoms with E-state index in [4.69, 9.17) is 0 Å². The van der Waals surface area contributed by atoms with Crippen molar-refractivity contribution in [3.63, 3.8) is 0 Å². The molecule has 0 aliphatic carbocycles. The molecule has 0 aliphatic rings. The van der Waals surface area contributed by atoms with Crippen LogP contribution in [0.1, 0.15) is 37.7 Å². The molecule has 1 unspecified atom stereocenters. The first-order chi connectivity index (χ1) is 12.9. The van der Waals surface area contributed by atoms with Gasteiger partial charge in [0.1, 0.15) is 5.82 Å². The molecule has 1 atom stereocenters. The first kappa shape index (κ1) is 20.9. The first-order valence-electron chi connectivity index (χ1n) is 8.97. The minimum Gasteiger partial charge on any atom is -0.355 e. The van der Waals surface area contributed by atoms with Crippen LogP contribution in [-0.2, 0) is 14.8 Å². The summed E-state index contributed by atoms with van der Waals surface area (Å²) in [7, 11) is -3.53. The van der Waals surface area contributed by atoms with Crippen molar-refractivity contribution < 1.29 is 17.6 Å². The molecular formula is C20H25FN2O3S. The maximum absolute atomic E-state index is 13.1. The molecule has 0 aliphatic heterocycles. The van der Waals surface area contributed by atoms with Gasteiger partial charge in [0, 0.05) is 18.7 Å². The standard InChI is InChI=1S/C20H25FN2O3S/c1-2-6-17(16-9-11-18(21)12-10-16)15-20(24)22-13-14-27(25,26)23-19-7-4-3-5-8-19/h3-5,7-12,17,23H,2,6,13-15H2,1H3,(H,22,24). The molecule has 0 saturated carbocycles. The van der Waals surface area contributed by atoms with Crippen molar-refractivity contribution in [2.24, 2.45) is 0 Å². The van der Waals surface area contributed by atoms with E-state index in [9.17, 15) is 17.6 Å². The van der Waals surface area contributed by atoms with Crippen LogP contribution in [0.3, 0.4) is 0 Å². The fourth-order valence-corrected chi connectivity index (χ4v) is 3.80. The molecule has 146 valence electrons. The fraction of sp³-hybridized carbons (Fsp3) is 0.350. The Balaban J connectivity index is 1.84. The van der Waals surface area contributed by atoms with Gasteiger partial charge in [-0.25, -0.2) is 12.8 Å². The second-order valence-corrected chi connectivity index (χ2v) is 8.22. The summed E-state index contributed by atoms with van der Waals surface area (Å²) in [5, 5.41) is 2.66. The normalized spacial score (nSPS) is 12.4. The summed E-state index contributed by atoms with van der Waals surface area (Å²) in [6, 6.07) is 14.8. The molecule has 0 fully saturated rings. The zero-order valence-electron chi connectivity index (χ0n) is 15.3. The lowest BCUT2D eigenvalue weighted by atomic mass is 9.91. The molecule has 0 bridgehead atoms. The van der Waals surface area contributed by atoms with Crippen LogP contribution in [0.15, 0.2) is 54.6 Å². The number of hydrogen-bond donors (Lipinski definition) is 2. The topological polar surface area (TPSA) is 75.3 Å². The Morgan fingerprint density at radius 3 is 2.37 bits per heavy atom. The van der Waals surface area contributed by atoms with E-state index in [-0.39, 0.29) is 36.4 Å². The van der Waals surface area contributed by atoms with Crippen LogP contribution in [0.2, 0.25) is 0 Å². The van der Waals surface area contributed by atoms with Gasteiger partial charge in [-0.2, -0.15) is 0 Å². The van der Waals surface area contributed by atoms with Crippen LogP contribution in [0.5, 0.6) is 0 Å². The van der Waals surface area contributed by atoms with Crippen LogP contribution >= 0.6 is 0 Å². The van der Waals surface area contributed by atoms with Crippen molar-refractivity contribution in [1.29, 1.82) is 0 Å². The van der Waals surface area contributed by atoms with E-state index in [2.05, 4.69) is 10.0 Å². The number of hydrogen-bond acceptors (Lipinski definition) is 3. The Kier molecular flexibility index (Phi) is 7.79. The Labute approximate surface area is 160 Å². The number of para-hydroxylation sites is 1. The van der Waals surface area contributed by atoms with Crippen molar-refractivity contribution in [1.82, 2.24) is 5.32 Å². The summed E-state index contributed by atoms with van der Waals surface area (Å²) in [6.07, 6.45) is 1.93. The Morgan fingerprint density at radius 1 is 1.07 bits per heavy atom. The average Bonchev–Trinajstić information content (AvgIpc) is 2.62. The van der Waals surface area contributed by atoms with Gasteiger partial charge in [0.15, 0.2) is 0 Å². The summed E-state index contributed by atoms with van der Waals surface area (Å²) in [4.78, 5) is 12.2. The Morgan fingerprint density at radius 2 is 1.74 bits per heavy atom. The maximum Gasteiger partial charge on any atom is 0.234 e. The Hall–Kier alpha value is -2.41. The number of carbonyl (C=O) groups is 1. The van der Waals surface area contributed by atoms with Gasteiger partial charge in [-0.05, 0) is 42.2 Å². The molecule has 2 N–H and O–H groups in total. The first-order valence-corrected chi connectivity index (χ1v) is 10.6. The van der Waals surface area contributed by atoms with Gasteiger partial charge in [0.05, 0.1) is 5.75 Å². The number of anilines is 1. The summed E-state index contributed by atoms with van der Waals surface area (Å²) < 4.78 is 39.7. The third-order valence-corrected chi connectivity index (χ3v) is 5.44. The number of sulfonamides is 1. The van der Waals surface area contributed by atoms with Gasteiger partial charge in [-0.1, -0.05) is 43.7 Å². The molecule has 2 rings (SSSR count). The zero-order chi connectivity index (χ0) is 19.7. The molecule has 5 nitrogen and oxygen atoms in total. The van der Waals surface area contributed by atoms with Gasteiger partial charge >= 0.3 is 0 Å². The van der Waals surface area contributed by atoms with E-state index in [0.29, 0.717) is 5.69 Å². The van der Waals surface area contributed by atoms with E-state index in [1.54, 1.807) is 42.5 Å². The largest absolute Gasteiger partial charge is 0.355 e. The predicted molar refractivity (Wildman–Crippen MR) is 106 cm³/mol.